The lowest BCUT2D eigenvalue weighted by Crippen LogP contribution is -2.31. The van der Waals surface area contributed by atoms with Gasteiger partial charge in [-0.15, -0.1) is 0 Å². The largest absolute Gasteiger partial charge is 0.330 e. The number of benzene rings is 1. The van der Waals surface area contributed by atoms with Crippen molar-refractivity contribution in [2.24, 2.45) is 11.7 Å². The van der Waals surface area contributed by atoms with Gasteiger partial charge in [0, 0.05) is 12.7 Å². The van der Waals surface area contributed by atoms with E-state index in [0.717, 1.165) is 11.1 Å². The molecule has 0 aliphatic heterocycles. The van der Waals surface area contributed by atoms with Gasteiger partial charge in [-0.2, -0.15) is 0 Å². The van der Waals surface area contributed by atoms with Crippen LogP contribution in [0.1, 0.15) is 11.1 Å². The van der Waals surface area contributed by atoms with E-state index in [1.807, 2.05) is 49.4 Å². The molecule has 104 valence electrons. The molecule has 0 bridgehead atoms. The highest BCUT2D eigenvalue weighted by Crippen LogP contribution is 2.13. The van der Waals surface area contributed by atoms with E-state index in [4.69, 9.17) is 5.73 Å². The lowest BCUT2D eigenvalue weighted by molar-refractivity contribution is -0.119. The molecule has 1 aromatic heterocycles. The molecular weight excluding hydrogens is 250 g/mol. The molecule has 0 saturated heterocycles. The van der Waals surface area contributed by atoms with Crippen molar-refractivity contribution in [2.45, 2.75) is 13.3 Å². The number of anilines is 1. The number of carbonyl (C=O) groups excluding carboxylic acids is 1. The van der Waals surface area contributed by atoms with E-state index < -0.39 is 0 Å². The molecule has 0 saturated carbocycles. The summed E-state index contributed by atoms with van der Waals surface area (Å²) < 4.78 is 0. The fraction of sp³-hybridized carbons (Fsp3) is 0.250. The minimum absolute atomic E-state index is 0.0850. The Morgan fingerprint density at radius 2 is 2.00 bits per heavy atom. The van der Waals surface area contributed by atoms with Crippen molar-refractivity contribution >= 4 is 11.7 Å². The van der Waals surface area contributed by atoms with Crippen LogP contribution in [0.15, 0.2) is 48.7 Å². The van der Waals surface area contributed by atoms with Crippen LogP contribution in [0.3, 0.4) is 0 Å². The van der Waals surface area contributed by atoms with Crippen molar-refractivity contribution in [3.63, 3.8) is 0 Å². The Morgan fingerprint density at radius 3 is 2.65 bits per heavy atom. The Kier molecular flexibility index (Phi) is 4.85. The summed E-state index contributed by atoms with van der Waals surface area (Å²) in [5, 5.41) is 2.85. The van der Waals surface area contributed by atoms with E-state index in [1.54, 1.807) is 6.20 Å². The average molecular weight is 269 g/mol. The van der Waals surface area contributed by atoms with Crippen molar-refractivity contribution in [2.75, 3.05) is 11.9 Å². The Morgan fingerprint density at radius 1 is 1.25 bits per heavy atom. The molecule has 1 aromatic carbocycles. The molecule has 2 aromatic rings. The van der Waals surface area contributed by atoms with Gasteiger partial charge in [0.25, 0.3) is 0 Å². The second-order valence-corrected chi connectivity index (χ2v) is 4.78. The predicted octanol–water partition coefficient (Wildman–Crippen LogP) is 2.15. The average Bonchev–Trinajstić information content (AvgIpc) is 2.48. The second-order valence-electron chi connectivity index (χ2n) is 4.78. The predicted molar refractivity (Wildman–Crippen MR) is 80.3 cm³/mol. The number of hydrogen-bond acceptors (Lipinski definition) is 3. The lowest BCUT2D eigenvalue weighted by Gasteiger charge is -2.15. The number of hydrogen-bond donors (Lipinski definition) is 2. The van der Waals surface area contributed by atoms with Gasteiger partial charge in [0.1, 0.15) is 5.82 Å². The zero-order valence-electron chi connectivity index (χ0n) is 11.5. The number of amides is 1. The molecule has 1 heterocycles. The fourth-order valence-corrected chi connectivity index (χ4v) is 2.02. The van der Waals surface area contributed by atoms with Gasteiger partial charge in [-0.1, -0.05) is 36.4 Å². The zero-order valence-corrected chi connectivity index (χ0v) is 11.5. The maximum absolute atomic E-state index is 12.3. The third kappa shape index (κ3) is 3.65. The number of aryl methyl sites for hydroxylation is 1. The topological polar surface area (TPSA) is 68.0 Å². The van der Waals surface area contributed by atoms with Gasteiger partial charge in [0.15, 0.2) is 0 Å². The molecule has 0 aliphatic rings. The first-order valence-corrected chi connectivity index (χ1v) is 6.67. The summed E-state index contributed by atoms with van der Waals surface area (Å²) in [6.07, 6.45) is 2.30. The Bertz CT molecular complexity index is 569. The van der Waals surface area contributed by atoms with E-state index in [2.05, 4.69) is 10.3 Å². The zero-order chi connectivity index (χ0) is 14.4. The minimum atomic E-state index is -0.251. The molecule has 4 nitrogen and oxygen atoms in total. The number of nitrogens with one attached hydrogen (secondary N) is 1. The molecule has 20 heavy (non-hydrogen) atoms. The van der Waals surface area contributed by atoms with E-state index in [0.29, 0.717) is 18.8 Å². The SMILES string of the molecule is Cc1cccnc1NC(=O)C(CN)Cc1ccccc1. The molecule has 1 unspecified atom stereocenters. The highest BCUT2D eigenvalue weighted by molar-refractivity contribution is 5.92. The van der Waals surface area contributed by atoms with Gasteiger partial charge in [-0.25, -0.2) is 4.98 Å². The third-order valence-electron chi connectivity index (χ3n) is 3.23. The number of nitrogens with zero attached hydrogens (tertiary/aromatic N) is 1. The molecule has 1 atom stereocenters. The summed E-state index contributed by atoms with van der Waals surface area (Å²) >= 11 is 0. The summed E-state index contributed by atoms with van der Waals surface area (Å²) in [6.45, 7) is 2.23. The van der Waals surface area contributed by atoms with Gasteiger partial charge >= 0.3 is 0 Å². The Labute approximate surface area is 119 Å². The smallest absolute Gasteiger partial charge is 0.230 e. The maximum atomic E-state index is 12.3. The first-order chi connectivity index (χ1) is 9.70. The first-order valence-electron chi connectivity index (χ1n) is 6.67. The van der Waals surface area contributed by atoms with Gasteiger partial charge in [-0.3, -0.25) is 4.79 Å². The third-order valence-corrected chi connectivity index (χ3v) is 3.23. The van der Waals surface area contributed by atoms with Gasteiger partial charge < -0.3 is 11.1 Å². The molecule has 0 aliphatic carbocycles. The molecule has 0 spiro atoms. The van der Waals surface area contributed by atoms with Gasteiger partial charge in [-0.05, 0) is 30.5 Å². The quantitative estimate of drug-likeness (QED) is 0.874. The van der Waals surface area contributed by atoms with Crippen LogP contribution in [0.4, 0.5) is 5.82 Å². The van der Waals surface area contributed by atoms with E-state index in [1.165, 1.54) is 0 Å². The van der Waals surface area contributed by atoms with E-state index >= 15 is 0 Å². The molecule has 1 amide bonds. The number of carbonyl (C=O) groups is 1. The molecule has 3 N–H and O–H groups in total. The highest BCUT2D eigenvalue weighted by atomic mass is 16.1. The molecule has 0 fully saturated rings. The van der Waals surface area contributed by atoms with Crippen LogP contribution in [0.25, 0.3) is 0 Å². The summed E-state index contributed by atoms with van der Waals surface area (Å²) in [5.74, 6) is 0.265. The number of rotatable bonds is 5. The minimum Gasteiger partial charge on any atom is -0.330 e. The highest BCUT2D eigenvalue weighted by Gasteiger charge is 2.18. The standard InChI is InChI=1S/C16H19N3O/c1-12-6-5-9-18-15(12)19-16(20)14(11-17)10-13-7-3-2-4-8-13/h2-9,14H,10-11,17H2,1H3,(H,18,19,20). The summed E-state index contributed by atoms with van der Waals surface area (Å²) in [7, 11) is 0. The van der Waals surface area contributed by atoms with Crippen LogP contribution < -0.4 is 11.1 Å². The van der Waals surface area contributed by atoms with Crippen molar-refractivity contribution < 1.29 is 4.79 Å². The first kappa shape index (κ1) is 14.2. The Hall–Kier alpha value is -2.20. The monoisotopic (exact) mass is 269 g/mol. The normalized spacial score (nSPS) is 11.9. The molecule has 2 rings (SSSR count). The summed E-state index contributed by atoms with van der Waals surface area (Å²) in [4.78, 5) is 16.4. The van der Waals surface area contributed by atoms with Crippen LogP contribution >= 0.6 is 0 Å². The van der Waals surface area contributed by atoms with Crippen LogP contribution in [-0.4, -0.2) is 17.4 Å². The van der Waals surface area contributed by atoms with Crippen LogP contribution in [0, 0.1) is 12.8 Å². The van der Waals surface area contributed by atoms with Crippen LogP contribution in [0.2, 0.25) is 0 Å². The van der Waals surface area contributed by atoms with Crippen molar-refractivity contribution in [1.29, 1.82) is 0 Å². The van der Waals surface area contributed by atoms with Gasteiger partial charge in [0.05, 0.1) is 5.92 Å². The number of aromatic nitrogens is 1. The molecular formula is C16H19N3O. The van der Waals surface area contributed by atoms with E-state index in [-0.39, 0.29) is 11.8 Å². The van der Waals surface area contributed by atoms with Crippen molar-refractivity contribution in [1.82, 2.24) is 4.98 Å². The van der Waals surface area contributed by atoms with Gasteiger partial charge in [0.2, 0.25) is 5.91 Å². The Balaban J connectivity index is 2.04. The summed E-state index contributed by atoms with van der Waals surface area (Å²) in [6, 6.07) is 13.6. The van der Waals surface area contributed by atoms with Crippen molar-refractivity contribution in [3.05, 3.63) is 59.8 Å². The van der Waals surface area contributed by atoms with Crippen LogP contribution in [0.5, 0.6) is 0 Å². The van der Waals surface area contributed by atoms with Crippen molar-refractivity contribution in [3.8, 4) is 0 Å². The number of pyridine rings is 1. The number of nitrogens with two attached hydrogens (primary N) is 1. The molecule has 4 heteroatoms. The fourth-order valence-electron chi connectivity index (χ4n) is 2.02. The molecule has 0 radical (unpaired) electrons. The summed E-state index contributed by atoms with van der Waals surface area (Å²) in [5.41, 5.74) is 7.78. The van der Waals surface area contributed by atoms with Crippen LogP contribution in [-0.2, 0) is 11.2 Å². The second kappa shape index (κ2) is 6.82. The lowest BCUT2D eigenvalue weighted by atomic mass is 9.98. The van der Waals surface area contributed by atoms with E-state index in [9.17, 15) is 4.79 Å². The maximum Gasteiger partial charge on any atom is 0.230 e.